The van der Waals surface area contributed by atoms with E-state index in [2.05, 4.69) is 182 Å². The molecule has 5 nitrogen and oxygen atoms in total. The maximum absolute atomic E-state index is 4.47. The van der Waals surface area contributed by atoms with Crippen LogP contribution in [0.15, 0.2) is 195 Å². The van der Waals surface area contributed by atoms with Crippen LogP contribution in [0, 0.1) is 0 Å². The van der Waals surface area contributed by atoms with E-state index in [9.17, 15) is 0 Å². The summed E-state index contributed by atoms with van der Waals surface area (Å²) in [4.78, 5) is 22.1. The summed E-state index contributed by atoms with van der Waals surface area (Å²) in [7, 11) is 0. The molecule has 0 aliphatic heterocycles. The largest absolute Gasteiger partial charge is 0.327 e. The van der Waals surface area contributed by atoms with E-state index < -0.39 is 0 Å². The average molecular weight is 720 g/mol. The standard InChI is InChI=1S/C46H33N5S2/c1-3-9-33(10-4-1)41-23-25-43(52-41)35-15-19-37(20-16-35)50(39-13-7-29-47-31-39)45-27-28-46(49-45)51(40-14-8-30-48-32-40)38-21-17-36(18-22-38)44-26-24-42(53-44)34-11-5-2-6-12-34/h1-32,49H. The molecule has 0 unspecified atom stereocenters. The van der Waals surface area contributed by atoms with Gasteiger partial charge < -0.3 is 4.98 Å². The first kappa shape index (κ1) is 32.4. The quantitative estimate of drug-likeness (QED) is 0.153. The van der Waals surface area contributed by atoms with E-state index in [-0.39, 0.29) is 0 Å². The molecule has 0 atom stereocenters. The third-order valence-electron chi connectivity index (χ3n) is 9.09. The fourth-order valence-electron chi connectivity index (χ4n) is 6.51. The molecule has 5 heterocycles. The monoisotopic (exact) mass is 719 g/mol. The Bertz CT molecular complexity index is 2360. The lowest BCUT2D eigenvalue weighted by atomic mass is 10.1. The second-order valence-electron chi connectivity index (χ2n) is 12.5. The molecule has 0 amide bonds. The maximum Gasteiger partial charge on any atom is 0.116 e. The Morgan fingerprint density at radius 1 is 0.340 bits per heavy atom. The number of nitrogens with zero attached hydrogens (tertiary/aromatic N) is 4. The zero-order valence-corrected chi connectivity index (χ0v) is 30.2. The Labute approximate surface area is 316 Å². The molecule has 9 rings (SSSR count). The molecule has 0 aliphatic rings. The van der Waals surface area contributed by atoms with E-state index in [1.54, 1.807) is 12.4 Å². The van der Waals surface area contributed by atoms with E-state index in [0.717, 1.165) is 34.4 Å². The van der Waals surface area contributed by atoms with Crippen molar-refractivity contribution in [2.45, 2.75) is 0 Å². The van der Waals surface area contributed by atoms with Gasteiger partial charge in [0.05, 0.1) is 23.8 Å². The number of aromatic amines is 1. The average Bonchev–Trinajstić information content (AvgIpc) is 4.03. The highest BCUT2D eigenvalue weighted by Crippen LogP contribution is 2.42. The molecule has 5 aromatic heterocycles. The van der Waals surface area contributed by atoms with Gasteiger partial charge in [0.2, 0.25) is 0 Å². The van der Waals surface area contributed by atoms with Gasteiger partial charge in [0.15, 0.2) is 0 Å². The van der Waals surface area contributed by atoms with Gasteiger partial charge in [-0.15, -0.1) is 22.7 Å². The van der Waals surface area contributed by atoms with Crippen molar-refractivity contribution >= 4 is 57.1 Å². The van der Waals surface area contributed by atoms with Crippen molar-refractivity contribution in [3.63, 3.8) is 0 Å². The van der Waals surface area contributed by atoms with Crippen LogP contribution >= 0.6 is 22.7 Å². The fourth-order valence-corrected chi connectivity index (χ4v) is 8.54. The summed E-state index contributed by atoms with van der Waals surface area (Å²) in [5.41, 5.74) is 8.81. The zero-order chi connectivity index (χ0) is 35.4. The smallest absolute Gasteiger partial charge is 0.116 e. The first-order valence-corrected chi connectivity index (χ1v) is 19.0. The second kappa shape index (κ2) is 14.6. The van der Waals surface area contributed by atoms with Crippen LogP contribution in [0.4, 0.5) is 34.4 Å². The van der Waals surface area contributed by atoms with Gasteiger partial charge in [0.1, 0.15) is 11.6 Å². The molecule has 0 fully saturated rings. The van der Waals surface area contributed by atoms with Gasteiger partial charge in [-0.3, -0.25) is 19.8 Å². The Morgan fingerprint density at radius 2 is 0.717 bits per heavy atom. The van der Waals surface area contributed by atoms with E-state index >= 15 is 0 Å². The molecule has 0 spiro atoms. The van der Waals surface area contributed by atoms with Crippen LogP contribution in [-0.4, -0.2) is 15.0 Å². The van der Waals surface area contributed by atoms with E-state index in [1.165, 1.54) is 41.8 Å². The lowest BCUT2D eigenvalue weighted by molar-refractivity contribution is 1.15. The number of rotatable bonds is 10. The highest BCUT2D eigenvalue weighted by Gasteiger charge is 2.20. The number of aromatic nitrogens is 3. The van der Waals surface area contributed by atoms with Crippen LogP contribution in [-0.2, 0) is 0 Å². The molecule has 4 aromatic carbocycles. The molecule has 53 heavy (non-hydrogen) atoms. The number of benzene rings is 4. The van der Waals surface area contributed by atoms with Crippen molar-refractivity contribution in [1.29, 1.82) is 0 Å². The van der Waals surface area contributed by atoms with E-state index in [4.69, 9.17) is 0 Å². The molecular formula is C46H33N5S2. The second-order valence-corrected chi connectivity index (χ2v) is 14.6. The number of nitrogens with one attached hydrogen (secondary N) is 1. The van der Waals surface area contributed by atoms with E-state index in [0.29, 0.717) is 0 Å². The molecule has 9 aromatic rings. The third-order valence-corrected chi connectivity index (χ3v) is 11.5. The van der Waals surface area contributed by atoms with Crippen molar-refractivity contribution in [2.75, 3.05) is 9.80 Å². The Morgan fingerprint density at radius 3 is 1.08 bits per heavy atom. The zero-order valence-electron chi connectivity index (χ0n) is 28.6. The molecule has 7 heteroatoms. The summed E-state index contributed by atoms with van der Waals surface area (Å²) in [6.45, 7) is 0. The molecule has 1 N–H and O–H groups in total. The highest BCUT2D eigenvalue weighted by molar-refractivity contribution is 7.19. The third kappa shape index (κ3) is 6.79. The maximum atomic E-state index is 4.47. The summed E-state index contributed by atoms with van der Waals surface area (Å²) in [5, 5.41) is 0. The van der Waals surface area contributed by atoms with Gasteiger partial charge >= 0.3 is 0 Å². The predicted octanol–water partition coefficient (Wildman–Crippen LogP) is 13.5. The van der Waals surface area contributed by atoms with E-state index in [1.807, 2.05) is 47.2 Å². The van der Waals surface area contributed by atoms with Crippen molar-refractivity contribution in [3.05, 3.63) is 195 Å². The Kier molecular flexibility index (Phi) is 8.92. The van der Waals surface area contributed by atoms with Crippen LogP contribution < -0.4 is 9.80 Å². The lowest BCUT2D eigenvalue weighted by Crippen LogP contribution is -2.13. The minimum Gasteiger partial charge on any atom is -0.327 e. The molecule has 0 saturated carbocycles. The highest BCUT2D eigenvalue weighted by atomic mass is 32.1. The summed E-state index contributed by atoms with van der Waals surface area (Å²) in [6, 6.07) is 59.8. The van der Waals surface area contributed by atoms with Gasteiger partial charge in [-0.05, 0) is 107 Å². The number of anilines is 6. The molecule has 0 bridgehead atoms. The number of thiophene rings is 2. The summed E-state index contributed by atoms with van der Waals surface area (Å²) in [5.74, 6) is 1.83. The number of hydrogen-bond acceptors (Lipinski definition) is 6. The topological polar surface area (TPSA) is 48.1 Å². The van der Waals surface area contributed by atoms with Crippen molar-refractivity contribution in [2.24, 2.45) is 0 Å². The van der Waals surface area contributed by atoms with Gasteiger partial charge in [-0.2, -0.15) is 0 Å². The van der Waals surface area contributed by atoms with Crippen molar-refractivity contribution < 1.29 is 0 Å². The molecular weight excluding hydrogens is 687 g/mol. The molecule has 254 valence electrons. The predicted molar refractivity (Wildman–Crippen MR) is 223 cm³/mol. The summed E-state index contributed by atoms with van der Waals surface area (Å²) >= 11 is 3.62. The Balaban J connectivity index is 1.03. The van der Waals surface area contributed by atoms with Crippen LogP contribution in [0.1, 0.15) is 0 Å². The van der Waals surface area contributed by atoms with Crippen LogP contribution in [0.25, 0.3) is 41.8 Å². The minimum atomic E-state index is 0.917. The molecule has 0 radical (unpaired) electrons. The SMILES string of the molecule is c1ccc(-c2ccc(-c3ccc(N(c4cccnc4)c4ccc(N(c5ccc(-c6ccc(-c7ccccc7)s6)cc5)c5cccnc5)[nH]4)cc3)s2)cc1. The first-order valence-electron chi connectivity index (χ1n) is 17.4. The fraction of sp³-hybridized carbons (Fsp3) is 0. The summed E-state index contributed by atoms with van der Waals surface area (Å²) in [6.07, 6.45) is 7.40. The van der Waals surface area contributed by atoms with Gasteiger partial charge in [-0.1, -0.05) is 84.9 Å². The number of pyridine rings is 2. The van der Waals surface area contributed by atoms with Crippen LogP contribution in [0.2, 0.25) is 0 Å². The van der Waals surface area contributed by atoms with Crippen LogP contribution in [0.3, 0.4) is 0 Å². The lowest BCUT2D eigenvalue weighted by Gasteiger charge is -2.26. The van der Waals surface area contributed by atoms with Gasteiger partial charge in [0, 0.05) is 43.3 Å². The first-order chi connectivity index (χ1) is 26.3. The normalized spacial score (nSPS) is 11.0. The van der Waals surface area contributed by atoms with Crippen molar-refractivity contribution in [1.82, 2.24) is 15.0 Å². The summed E-state index contributed by atoms with van der Waals surface area (Å²) < 4.78 is 0. The molecule has 0 saturated heterocycles. The minimum absolute atomic E-state index is 0.917. The van der Waals surface area contributed by atoms with Gasteiger partial charge in [0.25, 0.3) is 0 Å². The number of H-pyrrole nitrogens is 1. The Hall–Kier alpha value is -6.54. The van der Waals surface area contributed by atoms with Crippen molar-refractivity contribution in [3.8, 4) is 41.8 Å². The number of hydrogen-bond donors (Lipinski definition) is 1. The van der Waals surface area contributed by atoms with Gasteiger partial charge in [-0.25, -0.2) is 0 Å². The molecule has 0 aliphatic carbocycles. The van der Waals surface area contributed by atoms with Crippen LogP contribution in [0.5, 0.6) is 0 Å².